The molecule has 1 heterocycles. The highest BCUT2D eigenvalue weighted by molar-refractivity contribution is 9.10. The van der Waals surface area contributed by atoms with Crippen molar-refractivity contribution in [3.63, 3.8) is 0 Å². The summed E-state index contributed by atoms with van der Waals surface area (Å²) in [5.41, 5.74) is -1.29. The summed E-state index contributed by atoms with van der Waals surface area (Å²) in [6.07, 6.45) is -2.99. The van der Waals surface area contributed by atoms with Gasteiger partial charge in [0.2, 0.25) is 0 Å². The van der Waals surface area contributed by atoms with Gasteiger partial charge < -0.3 is 10.4 Å². The minimum absolute atomic E-state index is 0.178. The second-order valence-electron chi connectivity index (χ2n) is 4.71. The highest BCUT2D eigenvalue weighted by Gasteiger charge is 2.41. The molecular weight excluding hydrogens is 311 g/mol. The number of aromatic hydroxyl groups is 1. The molecule has 1 saturated heterocycles. The highest BCUT2D eigenvalue weighted by Crippen LogP contribution is 2.43. The Morgan fingerprint density at radius 3 is 2.56 bits per heavy atom. The Morgan fingerprint density at radius 2 is 2.06 bits per heavy atom. The molecule has 1 aromatic rings. The molecule has 0 radical (unpaired) electrons. The van der Waals surface area contributed by atoms with Gasteiger partial charge in [0.15, 0.2) is 0 Å². The number of halogens is 4. The van der Waals surface area contributed by atoms with E-state index in [9.17, 15) is 18.3 Å². The van der Waals surface area contributed by atoms with Crippen molar-refractivity contribution in [2.75, 3.05) is 6.54 Å². The summed E-state index contributed by atoms with van der Waals surface area (Å²) in [6, 6.07) is 2.14. The van der Waals surface area contributed by atoms with Gasteiger partial charge in [0.1, 0.15) is 5.75 Å². The maximum Gasteiger partial charge on any atom is 0.416 e. The Balaban J connectivity index is 2.61. The molecule has 1 fully saturated rings. The minimum atomic E-state index is -4.47. The lowest BCUT2D eigenvalue weighted by atomic mass is 9.86. The molecule has 0 aliphatic carbocycles. The molecule has 2 nitrogen and oxygen atoms in total. The van der Waals surface area contributed by atoms with Crippen molar-refractivity contribution in [2.24, 2.45) is 0 Å². The molecule has 1 aliphatic rings. The molecule has 0 bridgehead atoms. The van der Waals surface area contributed by atoms with E-state index < -0.39 is 23.0 Å². The van der Waals surface area contributed by atoms with Gasteiger partial charge in [0, 0.05) is 5.54 Å². The first kappa shape index (κ1) is 13.7. The van der Waals surface area contributed by atoms with Gasteiger partial charge in [-0.1, -0.05) is 0 Å². The number of rotatable bonds is 1. The van der Waals surface area contributed by atoms with Gasteiger partial charge in [-0.25, -0.2) is 0 Å². The van der Waals surface area contributed by atoms with Gasteiger partial charge in [-0.2, -0.15) is 13.2 Å². The number of hydrogen-bond acceptors (Lipinski definition) is 2. The molecule has 2 rings (SSSR count). The summed E-state index contributed by atoms with van der Waals surface area (Å²) >= 11 is 3.07. The van der Waals surface area contributed by atoms with Crippen LogP contribution in [0.3, 0.4) is 0 Å². The van der Waals surface area contributed by atoms with E-state index in [4.69, 9.17) is 0 Å². The zero-order valence-corrected chi connectivity index (χ0v) is 11.3. The van der Waals surface area contributed by atoms with E-state index in [1.807, 2.05) is 0 Å². The largest absolute Gasteiger partial charge is 0.507 e. The number of nitrogens with one attached hydrogen (secondary N) is 1. The SMILES string of the molecule is CC1(c2cc(Br)c(O)cc2C(F)(F)F)CCCN1. The molecule has 2 N–H and O–H groups in total. The fourth-order valence-electron chi connectivity index (χ4n) is 2.38. The van der Waals surface area contributed by atoms with E-state index in [0.29, 0.717) is 13.0 Å². The third-order valence-corrected chi connectivity index (χ3v) is 3.99. The van der Waals surface area contributed by atoms with E-state index in [-0.39, 0.29) is 10.0 Å². The van der Waals surface area contributed by atoms with Gasteiger partial charge in [-0.3, -0.25) is 0 Å². The molecule has 0 spiro atoms. The molecule has 1 atom stereocenters. The smallest absolute Gasteiger partial charge is 0.416 e. The number of phenols is 1. The van der Waals surface area contributed by atoms with Crippen molar-refractivity contribution in [3.05, 3.63) is 27.7 Å². The molecule has 0 aromatic heterocycles. The molecule has 100 valence electrons. The molecule has 0 saturated carbocycles. The maximum absolute atomic E-state index is 13.0. The molecule has 1 aliphatic heterocycles. The third-order valence-electron chi connectivity index (χ3n) is 3.36. The fourth-order valence-corrected chi connectivity index (χ4v) is 2.72. The number of hydrogen-bond donors (Lipinski definition) is 2. The van der Waals surface area contributed by atoms with Gasteiger partial charge in [-0.05, 0) is 59.9 Å². The van der Waals surface area contributed by atoms with E-state index in [2.05, 4.69) is 21.2 Å². The van der Waals surface area contributed by atoms with Crippen LogP contribution in [-0.2, 0) is 11.7 Å². The first-order valence-electron chi connectivity index (χ1n) is 5.59. The second kappa shape index (κ2) is 4.42. The predicted octanol–water partition coefficient (Wildman–Crippen LogP) is 3.77. The van der Waals surface area contributed by atoms with Crippen LogP contribution >= 0.6 is 15.9 Å². The summed E-state index contributed by atoms with van der Waals surface area (Å²) in [7, 11) is 0. The van der Waals surface area contributed by atoms with Crippen molar-refractivity contribution in [2.45, 2.75) is 31.5 Å². The van der Waals surface area contributed by atoms with Gasteiger partial charge in [0.05, 0.1) is 10.0 Å². The molecule has 6 heteroatoms. The fraction of sp³-hybridized carbons (Fsp3) is 0.500. The second-order valence-corrected chi connectivity index (χ2v) is 5.56. The number of phenolic OH excluding ortho intramolecular Hbond substituents is 1. The summed E-state index contributed by atoms with van der Waals surface area (Å²) < 4.78 is 39.4. The van der Waals surface area contributed by atoms with Gasteiger partial charge >= 0.3 is 6.18 Å². The Labute approximate surface area is 111 Å². The predicted molar refractivity (Wildman–Crippen MR) is 65.4 cm³/mol. The average molecular weight is 324 g/mol. The normalized spacial score (nSPS) is 24.5. The topological polar surface area (TPSA) is 32.3 Å². The summed E-state index contributed by atoms with van der Waals surface area (Å²) in [4.78, 5) is 0. The van der Waals surface area contributed by atoms with Crippen LogP contribution in [0.1, 0.15) is 30.9 Å². The maximum atomic E-state index is 13.0. The summed E-state index contributed by atoms with van der Waals surface area (Å²) in [5, 5.41) is 12.6. The minimum Gasteiger partial charge on any atom is -0.507 e. The molecule has 18 heavy (non-hydrogen) atoms. The summed E-state index contributed by atoms with van der Waals surface area (Å²) in [6.45, 7) is 2.46. The molecule has 1 aromatic carbocycles. The standard InChI is InChI=1S/C12H13BrF3NO/c1-11(3-2-4-17-11)7-5-9(13)10(18)6-8(7)12(14,15)16/h5-6,17-18H,2-4H2,1H3. The van der Waals surface area contributed by atoms with Crippen LogP contribution in [0.4, 0.5) is 13.2 Å². The Morgan fingerprint density at radius 1 is 1.39 bits per heavy atom. The Hall–Kier alpha value is -0.750. The first-order valence-corrected chi connectivity index (χ1v) is 6.38. The average Bonchev–Trinajstić information content (AvgIpc) is 2.68. The highest BCUT2D eigenvalue weighted by atomic mass is 79.9. The van der Waals surface area contributed by atoms with E-state index in [0.717, 1.165) is 12.5 Å². The third kappa shape index (κ3) is 2.36. The lowest BCUT2D eigenvalue weighted by Gasteiger charge is -2.29. The number of alkyl halides is 3. The molecular formula is C12H13BrF3NO. The Bertz CT molecular complexity index is 467. The van der Waals surface area contributed by atoms with E-state index in [1.54, 1.807) is 6.92 Å². The lowest BCUT2D eigenvalue weighted by molar-refractivity contribution is -0.139. The first-order chi connectivity index (χ1) is 8.24. The van der Waals surface area contributed by atoms with Crippen molar-refractivity contribution < 1.29 is 18.3 Å². The lowest BCUT2D eigenvalue weighted by Crippen LogP contribution is -2.35. The summed E-state index contributed by atoms with van der Waals surface area (Å²) in [5.74, 6) is -0.396. The molecule has 0 amide bonds. The van der Waals surface area contributed by atoms with Crippen LogP contribution in [0.2, 0.25) is 0 Å². The van der Waals surface area contributed by atoms with Crippen LogP contribution in [0, 0.1) is 0 Å². The van der Waals surface area contributed by atoms with E-state index in [1.165, 1.54) is 6.07 Å². The van der Waals surface area contributed by atoms with Crippen LogP contribution in [-0.4, -0.2) is 11.7 Å². The van der Waals surface area contributed by atoms with Crippen molar-refractivity contribution >= 4 is 15.9 Å². The van der Waals surface area contributed by atoms with Crippen molar-refractivity contribution in [3.8, 4) is 5.75 Å². The molecule has 1 unspecified atom stereocenters. The monoisotopic (exact) mass is 323 g/mol. The van der Waals surface area contributed by atoms with Crippen LogP contribution in [0.25, 0.3) is 0 Å². The number of benzene rings is 1. The van der Waals surface area contributed by atoms with Crippen LogP contribution in [0.5, 0.6) is 5.75 Å². The van der Waals surface area contributed by atoms with Crippen molar-refractivity contribution in [1.82, 2.24) is 5.32 Å². The van der Waals surface area contributed by atoms with Crippen molar-refractivity contribution in [1.29, 1.82) is 0 Å². The van der Waals surface area contributed by atoms with Gasteiger partial charge in [-0.15, -0.1) is 0 Å². The zero-order valence-electron chi connectivity index (χ0n) is 9.74. The Kier molecular flexibility index (Phi) is 3.36. The van der Waals surface area contributed by atoms with Crippen LogP contribution in [0.15, 0.2) is 16.6 Å². The van der Waals surface area contributed by atoms with Gasteiger partial charge in [0.25, 0.3) is 0 Å². The van der Waals surface area contributed by atoms with E-state index >= 15 is 0 Å². The van der Waals surface area contributed by atoms with Crippen LogP contribution < -0.4 is 5.32 Å². The quantitative estimate of drug-likeness (QED) is 0.824. The zero-order chi connectivity index (χ0) is 13.6.